The van der Waals surface area contributed by atoms with E-state index in [1.165, 1.54) is 19.2 Å². The number of alkyl halides is 4. The van der Waals surface area contributed by atoms with Crippen molar-refractivity contribution < 1.29 is 30.8 Å². The number of hydrogen-bond acceptors (Lipinski definition) is 5. The second-order valence-corrected chi connectivity index (χ2v) is 9.99. The topological polar surface area (TPSA) is 93.9 Å². The van der Waals surface area contributed by atoms with E-state index in [0.29, 0.717) is 6.92 Å². The molecule has 3 rings (SSSR count). The van der Waals surface area contributed by atoms with Crippen LogP contribution in [0.4, 0.5) is 23.2 Å². The molecule has 1 saturated carbocycles. The van der Waals surface area contributed by atoms with Crippen molar-refractivity contribution >= 4 is 21.4 Å². The third-order valence-electron chi connectivity index (χ3n) is 5.34. The van der Waals surface area contributed by atoms with Crippen LogP contribution in [0.25, 0.3) is 0 Å². The molecule has 1 unspecified atom stereocenters. The molecule has 1 aliphatic carbocycles. The van der Waals surface area contributed by atoms with E-state index in [1.807, 2.05) is 0 Å². The number of aromatic nitrogens is 3. The van der Waals surface area contributed by atoms with Crippen LogP contribution in [0.1, 0.15) is 54.5 Å². The first kappa shape index (κ1) is 23.2. The molecule has 0 bridgehead atoms. The Balaban J connectivity index is 1.99. The zero-order valence-electron chi connectivity index (χ0n) is 17.3. The van der Waals surface area contributed by atoms with Crippen LogP contribution in [0.5, 0.6) is 0 Å². The van der Waals surface area contributed by atoms with E-state index in [-0.39, 0.29) is 22.0 Å². The largest absolute Gasteiger partial charge is 0.321 e. The van der Waals surface area contributed by atoms with Crippen LogP contribution in [-0.4, -0.2) is 41.3 Å². The number of sulfone groups is 1. The van der Waals surface area contributed by atoms with E-state index in [4.69, 9.17) is 0 Å². The summed E-state index contributed by atoms with van der Waals surface area (Å²) in [6.07, 6.45) is 1.29. The third-order valence-corrected chi connectivity index (χ3v) is 6.32. The molecule has 0 spiro atoms. The van der Waals surface area contributed by atoms with Crippen molar-refractivity contribution in [3.8, 4) is 0 Å². The lowest BCUT2D eigenvalue weighted by Gasteiger charge is -2.39. The SMILES string of the molecule is Cc1c(C(C)(F)F)nn(C(C)C2CC(F)(F)C2)c1C(=O)Nc1ccnc(S(C)(=O)=O)c1. The van der Waals surface area contributed by atoms with Crippen molar-refractivity contribution in [3.05, 3.63) is 35.3 Å². The van der Waals surface area contributed by atoms with Gasteiger partial charge in [0.05, 0.1) is 6.04 Å². The Labute approximate surface area is 176 Å². The van der Waals surface area contributed by atoms with Gasteiger partial charge in [-0.05, 0) is 31.9 Å². The molecule has 31 heavy (non-hydrogen) atoms. The summed E-state index contributed by atoms with van der Waals surface area (Å²) in [5.74, 6) is -7.52. The van der Waals surface area contributed by atoms with Crippen LogP contribution in [0.3, 0.4) is 0 Å². The fraction of sp³-hybridized carbons (Fsp3) is 0.526. The second kappa shape index (κ2) is 7.57. The Kier molecular flexibility index (Phi) is 5.66. The fourth-order valence-electron chi connectivity index (χ4n) is 3.63. The van der Waals surface area contributed by atoms with Gasteiger partial charge in [0.1, 0.15) is 11.4 Å². The Morgan fingerprint density at radius 1 is 1.35 bits per heavy atom. The van der Waals surface area contributed by atoms with E-state index in [2.05, 4.69) is 15.4 Å². The average Bonchev–Trinajstić information content (AvgIpc) is 2.96. The number of nitrogens with one attached hydrogen (secondary N) is 1. The molecule has 0 aliphatic heterocycles. The molecular formula is C19H22F4N4O3S. The first-order chi connectivity index (χ1) is 14.1. The lowest BCUT2D eigenvalue weighted by Crippen LogP contribution is -2.40. The van der Waals surface area contributed by atoms with Crippen LogP contribution in [0.2, 0.25) is 0 Å². The minimum Gasteiger partial charge on any atom is -0.321 e. The summed E-state index contributed by atoms with van der Waals surface area (Å²) in [4.78, 5) is 16.7. The molecule has 2 aromatic rings. The van der Waals surface area contributed by atoms with E-state index in [0.717, 1.165) is 17.0 Å². The standard InChI is InChI=1S/C19H22F4N4O3S/c1-10-15(17(28)25-13-5-6-24-14(7-13)31(4,29)30)27(26-16(10)18(3,20)21)11(2)12-8-19(22,23)9-12/h5-7,11-12H,8-9H2,1-4H3,(H,24,25,28). The second-order valence-electron chi connectivity index (χ2n) is 8.03. The van der Waals surface area contributed by atoms with Crippen molar-refractivity contribution in [2.75, 3.05) is 11.6 Å². The Morgan fingerprint density at radius 3 is 2.48 bits per heavy atom. The van der Waals surface area contributed by atoms with Gasteiger partial charge in [-0.1, -0.05) is 0 Å². The highest BCUT2D eigenvalue weighted by Crippen LogP contribution is 2.48. The highest BCUT2D eigenvalue weighted by atomic mass is 32.2. The van der Waals surface area contributed by atoms with Crippen molar-refractivity contribution in [2.24, 2.45) is 5.92 Å². The lowest BCUT2D eigenvalue weighted by atomic mass is 9.77. The van der Waals surface area contributed by atoms with Gasteiger partial charge in [-0.3, -0.25) is 9.48 Å². The number of amides is 1. The van der Waals surface area contributed by atoms with Gasteiger partial charge in [-0.2, -0.15) is 13.9 Å². The van der Waals surface area contributed by atoms with Gasteiger partial charge in [-0.25, -0.2) is 22.2 Å². The molecule has 7 nitrogen and oxygen atoms in total. The number of halogens is 4. The summed E-state index contributed by atoms with van der Waals surface area (Å²) < 4.78 is 79.2. The molecule has 2 heterocycles. The molecule has 1 aliphatic rings. The van der Waals surface area contributed by atoms with E-state index < -0.39 is 58.1 Å². The van der Waals surface area contributed by atoms with Crippen molar-refractivity contribution in [3.63, 3.8) is 0 Å². The number of pyridine rings is 1. The zero-order chi connectivity index (χ0) is 23.4. The van der Waals surface area contributed by atoms with E-state index in [9.17, 15) is 30.8 Å². The molecule has 2 aromatic heterocycles. The first-order valence-electron chi connectivity index (χ1n) is 9.43. The van der Waals surface area contributed by atoms with Crippen molar-refractivity contribution in [1.82, 2.24) is 14.8 Å². The minimum absolute atomic E-state index is 0.0830. The maximum absolute atomic E-state index is 14.1. The highest BCUT2D eigenvalue weighted by molar-refractivity contribution is 7.90. The number of carbonyl (C=O) groups excluding carboxylic acids is 1. The maximum atomic E-state index is 14.1. The van der Waals surface area contributed by atoms with Crippen LogP contribution >= 0.6 is 0 Å². The summed E-state index contributed by atoms with van der Waals surface area (Å²) in [6.45, 7) is 3.49. The van der Waals surface area contributed by atoms with E-state index in [1.54, 1.807) is 6.92 Å². The predicted molar refractivity (Wildman–Crippen MR) is 104 cm³/mol. The third kappa shape index (κ3) is 4.73. The number of carbonyl (C=O) groups is 1. The van der Waals surface area contributed by atoms with Crippen molar-refractivity contribution in [1.29, 1.82) is 0 Å². The van der Waals surface area contributed by atoms with Crippen LogP contribution < -0.4 is 5.32 Å². The molecule has 0 radical (unpaired) electrons. The van der Waals surface area contributed by atoms with Crippen LogP contribution in [0, 0.1) is 12.8 Å². The van der Waals surface area contributed by atoms with Gasteiger partial charge in [0, 0.05) is 43.5 Å². The number of anilines is 1. The molecule has 1 N–H and O–H groups in total. The number of hydrogen-bond donors (Lipinski definition) is 1. The Morgan fingerprint density at radius 2 is 1.97 bits per heavy atom. The molecule has 0 saturated heterocycles. The molecule has 170 valence electrons. The molecule has 12 heteroatoms. The summed E-state index contributed by atoms with van der Waals surface area (Å²) in [7, 11) is -3.64. The highest BCUT2D eigenvalue weighted by Gasteiger charge is 2.49. The smallest absolute Gasteiger partial charge is 0.289 e. The molecule has 1 atom stereocenters. The predicted octanol–water partition coefficient (Wildman–Crippen LogP) is 3.96. The first-order valence-corrected chi connectivity index (χ1v) is 11.3. The minimum atomic E-state index is -3.64. The summed E-state index contributed by atoms with van der Waals surface area (Å²) in [5.41, 5.74) is -0.820. The van der Waals surface area contributed by atoms with E-state index >= 15 is 0 Å². The molecular weight excluding hydrogens is 440 g/mol. The monoisotopic (exact) mass is 462 g/mol. The summed E-state index contributed by atoms with van der Waals surface area (Å²) in [5, 5.41) is 6.09. The summed E-state index contributed by atoms with van der Waals surface area (Å²) in [6, 6.07) is 1.75. The van der Waals surface area contributed by atoms with Gasteiger partial charge >= 0.3 is 0 Å². The molecule has 1 fully saturated rings. The summed E-state index contributed by atoms with van der Waals surface area (Å²) >= 11 is 0. The Hall–Kier alpha value is -2.50. The van der Waals surface area contributed by atoms with Gasteiger partial charge in [0.25, 0.3) is 11.8 Å². The van der Waals surface area contributed by atoms with Gasteiger partial charge in [0.2, 0.25) is 5.92 Å². The molecule has 0 aromatic carbocycles. The van der Waals surface area contributed by atoms with Crippen molar-refractivity contribution in [2.45, 2.75) is 56.5 Å². The van der Waals surface area contributed by atoms with Crippen LogP contribution in [-0.2, 0) is 15.8 Å². The quantitative estimate of drug-likeness (QED) is 0.656. The Bertz CT molecular complexity index is 1120. The molecule has 1 amide bonds. The van der Waals surface area contributed by atoms with Crippen LogP contribution in [0.15, 0.2) is 23.4 Å². The normalized spacial score (nSPS) is 17.8. The lowest BCUT2D eigenvalue weighted by molar-refractivity contribution is -0.123. The van der Waals surface area contributed by atoms with Gasteiger partial charge < -0.3 is 5.32 Å². The number of rotatable bonds is 6. The van der Waals surface area contributed by atoms with Gasteiger partial charge in [-0.15, -0.1) is 0 Å². The fourth-order valence-corrected chi connectivity index (χ4v) is 4.22. The zero-order valence-corrected chi connectivity index (χ0v) is 18.1. The average molecular weight is 462 g/mol. The number of nitrogens with zero attached hydrogens (tertiary/aromatic N) is 3. The van der Waals surface area contributed by atoms with Gasteiger partial charge in [0.15, 0.2) is 14.9 Å². The maximum Gasteiger partial charge on any atom is 0.289 e.